The highest BCUT2D eigenvalue weighted by atomic mass is 16.5. The van der Waals surface area contributed by atoms with E-state index in [-0.39, 0.29) is 11.4 Å². The fourth-order valence-corrected chi connectivity index (χ4v) is 2.80. The first-order chi connectivity index (χ1) is 11.6. The zero-order valence-electron chi connectivity index (χ0n) is 12.4. The van der Waals surface area contributed by atoms with E-state index < -0.39 is 5.91 Å². The minimum Gasteiger partial charge on any atom is -0.409 e. The number of hydrogen-bond acceptors (Lipinski definition) is 6. The number of rotatable bonds is 2. The van der Waals surface area contributed by atoms with Crippen molar-refractivity contribution in [2.45, 2.75) is 6.42 Å². The van der Waals surface area contributed by atoms with E-state index in [1.165, 1.54) is 15.5 Å². The minimum atomic E-state index is -0.501. The molecular weight excluding hydrogens is 312 g/mol. The summed E-state index contributed by atoms with van der Waals surface area (Å²) in [5.74, 6) is -0.760. The number of pyridine rings is 1. The Hall–Kier alpha value is -3.49. The number of nitrogens with zero attached hydrogens (tertiary/aromatic N) is 6. The molecule has 4 rings (SSSR count). The van der Waals surface area contributed by atoms with E-state index >= 15 is 0 Å². The Morgan fingerprint density at radius 1 is 1.21 bits per heavy atom. The van der Waals surface area contributed by atoms with Crippen LogP contribution < -0.4 is 10.5 Å². The molecule has 0 aliphatic carbocycles. The molecule has 0 radical (unpaired) electrons. The molecule has 0 saturated heterocycles. The van der Waals surface area contributed by atoms with Crippen molar-refractivity contribution in [2.24, 2.45) is 0 Å². The summed E-state index contributed by atoms with van der Waals surface area (Å²) in [4.78, 5) is 26.4. The van der Waals surface area contributed by atoms with Crippen LogP contribution in [0.1, 0.15) is 16.2 Å². The standard InChI is InChI=1S/C15H12N6O3/c22-13-3-1-2-7-19(13)11-5-4-10-6-8-20(12(10)9-11)15(23)14-16-17-18-21(14)24/h1-5,7,9,24H,6,8H2. The summed E-state index contributed by atoms with van der Waals surface area (Å²) in [6.07, 6.45) is 2.34. The number of amides is 1. The highest BCUT2D eigenvalue weighted by molar-refractivity contribution is 6.05. The van der Waals surface area contributed by atoms with Crippen molar-refractivity contribution in [3.8, 4) is 5.69 Å². The third kappa shape index (κ3) is 2.14. The third-order valence-corrected chi connectivity index (χ3v) is 3.96. The number of carbonyl (C=O) groups excluding carboxylic acids is 1. The van der Waals surface area contributed by atoms with E-state index in [0.717, 1.165) is 5.56 Å². The average Bonchev–Trinajstić information content (AvgIpc) is 3.20. The second-order valence-corrected chi connectivity index (χ2v) is 5.32. The molecule has 1 amide bonds. The molecule has 0 atom stereocenters. The van der Waals surface area contributed by atoms with Gasteiger partial charge in [0.05, 0.1) is 5.69 Å². The lowest BCUT2D eigenvalue weighted by Gasteiger charge is -2.17. The van der Waals surface area contributed by atoms with Gasteiger partial charge in [0, 0.05) is 24.5 Å². The summed E-state index contributed by atoms with van der Waals surface area (Å²) in [5, 5.41) is 19.5. The molecule has 1 N–H and O–H groups in total. The van der Waals surface area contributed by atoms with Gasteiger partial charge in [0.25, 0.3) is 11.4 Å². The van der Waals surface area contributed by atoms with Gasteiger partial charge >= 0.3 is 5.91 Å². The molecule has 1 aromatic carbocycles. The van der Waals surface area contributed by atoms with Crippen LogP contribution in [0.2, 0.25) is 0 Å². The predicted molar refractivity (Wildman–Crippen MR) is 82.4 cm³/mol. The molecule has 0 bridgehead atoms. The Balaban J connectivity index is 1.77. The van der Waals surface area contributed by atoms with E-state index in [1.807, 2.05) is 12.1 Å². The molecule has 3 heterocycles. The molecule has 9 heteroatoms. The first-order valence-electron chi connectivity index (χ1n) is 7.25. The van der Waals surface area contributed by atoms with Crippen molar-refractivity contribution in [3.63, 3.8) is 0 Å². The van der Waals surface area contributed by atoms with Crippen molar-refractivity contribution in [1.82, 2.24) is 24.9 Å². The third-order valence-electron chi connectivity index (χ3n) is 3.96. The molecule has 3 aromatic rings. The molecule has 1 aliphatic heterocycles. The Bertz CT molecular complexity index is 993. The lowest BCUT2D eigenvalue weighted by Crippen LogP contribution is -2.31. The highest BCUT2D eigenvalue weighted by Gasteiger charge is 2.29. The van der Waals surface area contributed by atoms with Crippen molar-refractivity contribution < 1.29 is 10.0 Å². The van der Waals surface area contributed by atoms with Gasteiger partial charge in [-0.2, -0.15) is 0 Å². The van der Waals surface area contributed by atoms with Crippen LogP contribution in [0.5, 0.6) is 0 Å². The Morgan fingerprint density at radius 3 is 2.83 bits per heavy atom. The normalized spacial score (nSPS) is 13.1. The molecule has 2 aromatic heterocycles. The molecule has 9 nitrogen and oxygen atoms in total. The van der Waals surface area contributed by atoms with E-state index in [2.05, 4.69) is 15.5 Å². The summed E-state index contributed by atoms with van der Waals surface area (Å²) in [6, 6.07) is 10.4. The van der Waals surface area contributed by atoms with E-state index in [9.17, 15) is 14.8 Å². The zero-order chi connectivity index (χ0) is 16.7. The van der Waals surface area contributed by atoms with E-state index in [0.29, 0.717) is 29.2 Å². The van der Waals surface area contributed by atoms with Gasteiger partial charge in [-0.1, -0.05) is 22.1 Å². The summed E-state index contributed by atoms with van der Waals surface area (Å²) in [6.45, 7) is 0.453. The summed E-state index contributed by atoms with van der Waals surface area (Å²) in [7, 11) is 0. The summed E-state index contributed by atoms with van der Waals surface area (Å²) in [5.41, 5.74) is 2.15. The second kappa shape index (κ2) is 5.30. The van der Waals surface area contributed by atoms with Crippen LogP contribution in [0.4, 0.5) is 5.69 Å². The largest absolute Gasteiger partial charge is 0.409 e. The monoisotopic (exact) mass is 324 g/mol. The lowest BCUT2D eigenvalue weighted by molar-refractivity contribution is 0.0893. The van der Waals surface area contributed by atoms with Gasteiger partial charge < -0.3 is 10.1 Å². The van der Waals surface area contributed by atoms with Gasteiger partial charge in [0.1, 0.15) is 0 Å². The number of carbonyl (C=O) groups is 1. The van der Waals surface area contributed by atoms with Gasteiger partial charge in [-0.15, -0.1) is 0 Å². The van der Waals surface area contributed by atoms with E-state index in [1.54, 1.807) is 24.4 Å². The van der Waals surface area contributed by atoms with Crippen LogP contribution in [0.25, 0.3) is 5.69 Å². The Kier molecular flexibility index (Phi) is 3.12. The second-order valence-electron chi connectivity index (χ2n) is 5.32. The first-order valence-corrected chi connectivity index (χ1v) is 7.25. The highest BCUT2D eigenvalue weighted by Crippen LogP contribution is 2.30. The van der Waals surface area contributed by atoms with Gasteiger partial charge in [-0.05, 0) is 40.6 Å². The molecule has 0 unspecified atom stereocenters. The molecule has 1 aliphatic rings. The van der Waals surface area contributed by atoms with Crippen LogP contribution in [0.3, 0.4) is 0 Å². The Labute approximate surface area is 135 Å². The minimum absolute atomic E-state index is 0.160. The van der Waals surface area contributed by atoms with Gasteiger partial charge in [-0.25, -0.2) is 0 Å². The van der Waals surface area contributed by atoms with Crippen molar-refractivity contribution in [3.05, 3.63) is 64.3 Å². The molecule has 0 spiro atoms. The number of anilines is 1. The van der Waals surface area contributed by atoms with Crippen LogP contribution in [-0.4, -0.2) is 42.6 Å². The maximum Gasteiger partial charge on any atom is 0.301 e. The summed E-state index contributed by atoms with van der Waals surface area (Å²) < 4.78 is 1.50. The Morgan fingerprint density at radius 2 is 2.08 bits per heavy atom. The van der Waals surface area contributed by atoms with Gasteiger partial charge in [0.15, 0.2) is 0 Å². The van der Waals surface area contributed by atoms with Crippen LogP contribution in [0.15, 0.2) is 47.4 Å². The number of fused-ring (bicyclic) bond motifs is 1. The first kappa shape index (κ1) is 14.1. The maximum absolute atomic E-state index is 12.5. The van der Waals surface area contributed by atoms with E-state index in [4.69, 9.17) is 0 Å². The van der Waals surface area contributed by atoms with Crippen LogP contribution in [0, 0.1) is 0 Å². The number of hydrogen-bond donors (Lipinski definition) is 1. The lowest BCUT2D eigenvalue weighted by atomic mass is 10.1. The van der Waals surface area contributed by atoms with Crippen LogP contribution in [-0.2, 0) is 6.42 Å². The van der Waals surface area contributed by atoms with Crippen LogP contribution >= 0.6 is 0 Å². The SMILES string of the molecule is O=C(c1nnnn1O)N1CCc2ccc(-n3ccccc3=O)cc21. The zero-order valence-corrected chi connectivity index (χ0v) is 12.4. The smallest absolute Gasteiger partial charge is 0.301 e. The number of tetrazole rings is 1. The maximum atomic E-state index is 12.5. The molecule has 0 saturated carbocycles. The average molecular weight is 324 g/mol. The molecule has 0 fully saturated rings. The number of aromatic nitrogens is 5. The molecule has 120 valence electrons. The van der Waals surface area contributed by atoms with Crippen molar-refractivity contribution >= 4 is 11.6 Å². The van der Waals surface area contributed by atoms with Crippen molar-refractivity contribution in [2.75, 3.05) is 11.4 Å². The predicted octanol–water partition coefficient (Wildman–Crippen LogP) is 0.264. The number of benzene rings is 1. The summed E-state index contributed by atoms with van der Waals surface area (Å²) >= 11 is 0. The fourth-order valence-electron chi connectivity index (χ4n) is 2.80. The topological polar surface area (TPSA) is 106 Å². The molecular formula is C15H12N6O3. The molecule has 24 heavy (non-hydrogen) atoms. The fraction of sp³-hybridized carbons (Fsp3) is 0.133. The van der Waals surface area contributed by atoms with Crippen molar-refractivity contribution in [1.29, 1.82) is 0 Å². The quantitative estimate of drug-likeness (QED) is 0.678. The van der Waals surface area contributed by atoms with Gasteiger partial charge in [0.2, 0.25) is 0 Å². The van der Waals surface area contributed by atoms with Gasteiger partial charge in [-0.3, -0.25) is 14.2 Å².